The van der Waals surface area contributed by atoms with Gasteiger partial charge < -0.3 is 29.6 Å². The maximum Gasteiger partial charge on any atom is 0.406 e. The van der Waals surface area contributed by atoms with Crippen molar-refractivity contribution < 1.29 is 28.5 Å². The molecule has 2 amide bonds. The van der Waals surface area contributed by atoms with Crippen LogP contribution in [0.2, 0.25) is 0 Å². The molecule has 0 aliphatic carbocycles. The first kappa shape index (κ1) is 22.0. The standard InChI is InChI=1S/C23H26N2O6/c1-15-8-9-18-19(14-15)21(29-11-13-31-23(27)25-3)17-7-5-4-6-16(17)20(18)28-10-12-30-22(26)24-2/h4-9,14H,10-13H2,1-3H3,(H,24,26)(H,25,27). The second-order valence-corrected chi connectivity index (χ2v) is 6.72. The van der Waals surface area contributed by atoms with Crippen molar-refractivity contribution in [2.45, 2.75) is 6.92 Å². The summed E-state index contributed by atoms with van der Waals surface area (Å²) in [6, 6.07) is 13.8. The fourth-order valence-electron chi connectivity index (χ4n) is 3.22. The molecule has 164 valence electrons. The molecule has 8 heteroatoms. The van der Waals surface area contributed by atoms with Crippen LogP contribution in [-0.2, 0) is 9.47 Å². The summed E-state index contributed by atoms with van der Waals surface area (Å²) in [5.41, 5.74) is 1.07. The topological polar surface area (TPSA) is 95.1 Å². The summed E-state index contributed by atoms with van der Waals surface area (Å²) in [6.45, 7) is 2.67. The number of fused-ring (bicyclic) bond motifs is 2. The van der Waals surface area contributed by atoms with Gasteiger partial charge in [0.25, 0.3) is 0 Å². The van der Waals surface area contributed by atoms with E-state index in [-0.39, 0.29) is 26.4 Å². The van der Waals surface area contributed by atoms with Crippen LogP contribution in [0.25, 0.3) is 21.5 Å². The predicted molar refractivity (Wildman–Crippen MR) is 118 cm³/mol. The van der Waals surface area contributed by atoms with Crippen molar-refractivity contribution in [2.75, 3.05) is 40.5 Å². The van der Waals surface area contributed by atoms with Crippen molar-refractivity contribution in [3.8, 4) is 11.5 Å². The predicted octanol–water partition coefficient (Wildman–Crippen LogP) is 3.77. The number of aryl methyl sites for hydroxylation is 1. The van der Waals surface area contributed by atoms with Gasteiger partial charge in [0.2, 0.25) is 0 Å². The highest BCUT2D eigenvalue weighted by molar-refractivity contribution is 6.11. The number of ether oxygens (including phenoxy) is 4. The number of rotatable bonds is 8. The molecular formula is C23H26N2O6. The Morgan fingerprint density at radius 1 is 0.710 bits per heavy atom. The van der Waals surface area contributed by atoms with Gasteiger partial charge in [-0.25, -0.2) is 9.59 Å². The van der Waals surface area contributed by atoms with E-state index in [1.54, 1.807) is 0 Å². The summed E-state index contributed by atoms with van der Waals surface area (Å²) in [7, 11) is 3.01. The van der Waals surface area contributed by atoms with Gasteiger partial charge in [0, 0.05) is 35.6 Å². The number of hydrogen-bond donors (Lipinski definition) is 2. The van der Waals surface area contributed by atoms with E-state index in [9.17, 15) is 9.59 Å². The Kier molecular flexibility index (Phi) is 7.37. The molecule has 3 aromatic rings. The fraction of sp³-hybridized carbons (Fsp3) is 0.304. The van der Waals surface area contributed by atoms with Crippen molar-refractivity contribution in [3.63, 3.8) is 0 Å². The molecule has 0 aliphatic rings. The van der Waals surface area contributed by atoms with E-state index < -0.39 is 12.2 Å². The highest BCUT2D eigenvalue weighted by Crippen LogP contribution is 2.43. The molecule has 0 aliphatic heterocycles. The van der Waals surface area contributed by atoms with Gasteiger partial charge >= 0.3 is 12.2 Å². The van der Waals surface area contributed by atoms with Gasteiger partial charge in [-0.3, -0.25) is 0 Å². The number of benzene rings is 3. The second kappa shape index (κ2) is 10.4. The summed E-state index contributed by atoms with van der Waals surface area (Å²) in [4.78, 5) is 22.6. The molecule has 0 spiro atoms. The number of carbonyl (C=O) groups excluding carboxylic acids is 2. The number of amides is 2. The van der Waals surface area contributed by atoms with Gasteiger partial charge in [0.1, 0.15) is 37.9 Å². The average molecular weight is 426 g/mol. The second-order valence-electron chi connectivity index (χ2n) is 6.72. The molecule has 2 N–H and O–H groups in total. The molecule has 0 heterocycles. The molecule has 3 rings (SSSR count). The number of hydrogen-bond acceptors (Lipinski definition) is 6. The van der Waals surface area contributed by atoms with Gasteiger partial charge in [-0.05, 0) is 13.0 Å². The summed E-state index contributed by atoms with van der Waals surface area (Å²) >= 11 is 0. The first-order valence-electron chi connectivity index (χ1n) is 9.94. The normalized spacial score (nSPS) is 10.5. The molecule has 3 aromatic carbocycles. The third-order valence-electron chi connectivity index (χ3n) is 4.61. The lowest BCUT2D eigenvalue weighted by molar-refractivity contribution is 0.126. The van der Waals surface area contributed by atoms with Crippen LogP contribution < -0.4 is 20.1 Å². The molecule has 31 heavy (non-hydrogen) atoms. The van der Waals surface area contributed by atoms with Crippen molar-refractivity contribution >= 4 is 33.7 Å². The molecule has 0 bridgehead atoms. The van der Waals surface area contributed by atoms with Gasteiger partial charge in [-0.2, -0.15) is 0 Å². The monoisotopic (exact) mass is 426 g/mol. The van der Waals surface area contributed by atoms with Gasteiger partial charge in [-0.1, -0.05) is 42.0 Å². The van der Waals surface area contributed by atoms with E-state index >= 15 is 0 Å². The van der Waals surface area contributed by atoms with E-state index in [0.717, 1.165) is 27.1 Å². The molecule has 0 saturated carbocycles. The molecule has 0 unspecified atom stereocenters. The summed E-state index contributed by atoms with van der Waals surface area (Å²) in [6.07, 6.45) is -1.01. The van der Waals surface area contributed by atoms with Crippen molar-refractivity contribution in [1.82, 2.24) is 10.6 Å². The largest absolute Gasteiger partial charge is 0.489 e. The first-order chi connectivity index (χ1) is 15.0. The molecule has 0 aromatic heterocycles. The van der Waals surface area contributed by atoms with Crippen LogP contribution in [0.15, 0.2) is 42.5 Å². The van der Waals surface area contributed by atoms with Gasteiger partial charge in [-0.15, -0.1) is 0 Å². The van der Waals surface area contributed by atoms with Crippen molar-refractivity contribution in [1.29, 1.82) is 0 Å². The molecule has 0 fully saturated rings. The molecule has 8 nitrogen and oxygen atoms in total. The van der Waals surface area contributed by atoms with Crippen molar-refractivity contribution in [2.24, 2.45) is 0 Å². The van der Waals surface area contributed by atoms with Crippen LogP contribution >= 0.6 is 0 Å². The summed E-state index contributed by atoms with van der Waals surface area (Å²) in [5, 5.41) is 8.33. The Morgan fingerprint density at radius 3 is 1.71 bits per heavy atom. The summed E-state index contributed by atoms with van der Waals surface area (Å²) < 4.78 is 22.2. The maximum atomic E-state index is 11.3. The van der Waals surface area contributed by atoms with E-state index in [1.807, 2.05) is 49.4 Å². The third-order valence-corrected chi connectivity index (χ3v) is 4.61. The van der Waals surface area contributed by atoms with E-state index in [4.69, 9.17) is 18.9 Å². The lowest BCUT2D eigenvalue weighted by Crippen LogP contribution is -2.22. The van der Waals surface area contributed by atoms with E-state index in [2.05, 4.69) is 10.6 Å². The highest BCUT2D eigenvalue weighted by Gasteiger charge is 2.16. The maximum absolute atomic E-state index is 11.3. The average Bonchev–Trinajstić information content (AvgIpc) is 2.79. The van der Waals surface area contributed by atoms with Gasteiger partial charge in [0.15, 0.2) is 0 Å². The van der Waals surface area contributed by atoms with Crippen LogP contribution in [-0.4, -0.2) is 52.7 Å². The lowest BCUT2D eigenvalue weighted by atomic mass is 9.99. The third kappa shape index (κ3) is 5.28. The van der Waals surface area contributed by atoms with Crippen LogP contribution in [0.1, 0.15) is 5.56 Å². The summed E-state index contributed by atoms with van der Waals surface area (Å²) in [5.74, 6) is 1.39. The Morgan fingerprint density at radius 2 is 1.19 bits per heavy atom. The van der Waals surface area contributed by atoms with Gasteiger partial charge in [0.05, 0.1) is 0 Å². The number of alkyl carbamates (subject to hydrolysis) is 2. The molecule has 0 atom stereocenters. The zero-order chi connectivity index (χ0) is 22.2. The van der Waals surface area contributed by atoms with Crippen molar-refractivity contribution in [3.05, 3.63) is 48.0 Å². The van der Waals surface area contributed by atoms with E-state index in [1.165, 1.54) is 14.1 Å². The Hall–Kier alpha value is -3.68. The van der Waals surface area contributed by atoms with Crippen LogP contribution in [0.3, 0.4) is 0 Å². The minimum atomic E-state index is -0.503. The Bertz CT molecular complexity index is 1080. The zero-order valence-electron chi connectivity index (χ0n) is 17.8. The minimum absolute atomic E-state index is 0.121. The molecule has 0 radical (unpaired) electrons. The fourth-order valence-corrected chi connectivity index (χ4v) is 3.22. The van der Waals surface area contributed by atoms with E-state index in [0.29, 0.717) is 11.5 Å². The van der Waals surface area contributed by atoms with Crippen LogP contribution in [0, 0.1) is 6.92 Å². The first-order valence-corrected chi connectivity index (χ1v) is 9.94. The SMILES string of the molecule is CNC(=O)OCCOc1c2ccccc2c(OCCOC(=O)NC)c2cc(C)ccc12. The Balaban J connectivity index is 1.95. The molecule has 0 saturated heterocycles. The number of nitrogens with one attached hydrogen (secondary N) is 2. The highest BCUT2D eigenvalue weighted by atomic mass is 16.6. The Labute approximate surface area is 180 Å². The smallest absolute Gasteiger partial charge is 0.406 e. The van der Waals surface area contributed by atoms with Crippen LogP contribution in [0.4, 0.5) is 9.59 Å². The number of carbonyl (C=O) groups is 2. The van der Waals surface area contributed by atoms with Crippen LogP contribution in [0.5, 0.6) is 11.5 Å². The minimum Gasteiger partial charge on any atom is -0.489 e. The lowest BCUT2D eigenvalue weighted by Gasteiger charge is -2.18. The molecular weight excluding hydrogens is 400 g/mol. The zero-order valence-corrected chi connectivity index (χ0v) is 17.8. The quantitative estimate of drug-likeness (QED) is 0.421.